The highest BCUT2D eigenvalue weighted by Gasteiger charge is 2.41. The summed E-state index contributed by atoms with van der Waals surface area (Å²) in [5.41, 5.74) is 1.06. The van der Waals surface area contributed by atoms with Gasteiger partial charge in [0.05, 0.1) is 15.7 Å². The van der Waals surface area contributed by atoms with Crippen molar-refractivity contribution < 1.29 is 27.1 Å². The second-order valence-electron chi connectivity index (χ2n) is 8.02. The monoisotopic (exact) mass is 396 g/mol. The topological polar surface area (TPSA) is 71.4 Å². The summed E-state index contributed by atoms with van der Waals surface area (Å²) in [6.07, 6.45) is 4.22. The molecule has 27 heavy (non-hydrogen) atoms. The number of benzene rings is 1. The van der Waals surface area contributed by atoms with E-state index in [4.69, 9.17) is 0 Å². The Morgan fingerprint density at radius 1 is 1.15 bits per heavy atom. The Hall–Kier alpha value is -1.76. The fourth-order valence-electron chi connectivity index (χ4n) is 3.90. The van der Waals surface area contributed by atoms with Crippen LogP contribution in [0.25, 0.3) is 5.57 Å². The Morgan fingerprint density at radius 3 is 2.37 bits per heavy atom. The molecule has 0 aromatic heterocycles. The third-order valence-electron chi connectivity index (χ3n) is 5.68. The molecule has 7 heteroatoms. The zero-order valence-corrected chi connectivity index (χ0v) is 15.6. The van der Waals surface area contributed by atoms with E-state index in [0.717, 1.165) is 12.8 Å². The smallest absolute Gasteiger partial charge is 0.335 e. The third kappa shape index (κ3) is 3.79. The molecule has 1 atom stereocenters. The maximum Gasteiger partial charge on any atom is 0.335 e. The lowest BCUT2D eigenvalue weighted by molar-refractivity contribution is -0.130. The fraction of sp³-hybridized carbons (Fsp3) is 0.550. The lowest BCUT2D eigenvalue weighted by Crippen LogP contribution is -2.11. The summed E-state index contributed by atoms with van der Waals surface area (Å²) in [6.45, 7) is 0. The highest BCUT2D eigenvalue weighted by Crippen LogP contribution is 2.46. The second kappa shape index (κ2) is 6.40. The zero-order valence-electron chi connectivity index (χ0n) is 14.8. The predicted molar refractivity (Wildman–Crippen MR) is 96.5 cm³/mol. The number of sulfone groups is 1. The summed E-state index contributed by atoms with van der Waals surface area (Å²) in [5.74, 6) is -4.26. The van der Waals surface area contributed by atoms with Crippen molar-refractivity contribution in [3.8, 4) is 0 Å². The van der Waals surface area contributed by atoms with Crippen molar-refractivity contribution in [2.45, 2.75) is 66.9 Å². The molecule has 0 amide bonds. The average molecular weight is 396 g/mol. The number of halogens is 2. The van der Waals surface area contributed by atoms with Crippen LogP contribution in [0.5, 0.6) is 0 Å². The molecular weight excluding hydrogens is 374 g/mol. The number of hydrogen-bond acceptors (Lipinski definition) is 3. The van der Waals surface area contributed by atoms with Gasteiger partial charge in [0.15, 0.2) is 9.84 Å². The maximum atomic E-state index is 13.4. The molecule has 0 radical (unpaired) electrons. The molecule has 4 rings (SSSR count). The van der Waals surface area contributed by atoms with Gasteiger partial charge in [-0.1, -0.05) is 12.1 Å². The van der Waals surface area contributed by atoms with E-state index in [-0.39, 0.29) is 36.0 Å². The molecule has 3 fully saturated rings. The van der Waals surface area contributed by atoms with Gasteiger partial charge in [0.2, 0.25) is 5.92 Å². The number of hydrogen-bond donors (Lipinski definition) is 1. The Balaban J connectivity index is 1.71. The lowest BCUT2D eigenvalue weighted by Gasteiger charge is -2.13. The minimum atomic E-state index is -3.37. The van der Waals surface area contributed by atoms with Crippen LogP contribution >= 0.6 is 0 Å². The minimum absolute atomic E-state index is 0.0185. The Morgan fingerprint density at radius 2 is 1.85 bits per heavy atom. The molecule has 0 saturated heterocycles. The number of aliphatic carboxylic acids is 1. The number of rotatable bonds is 6. The average Bonchev–Trinajstić information content (AvgIpc) is 3.48. The van der Waals surface area contributed by atoms with Crippen LogP contribution in [0.3, 0.4) is 0 Å². The molecule has 0 spiro atoms. The quantitative estimate of drug-likeness (QED) is 0.724. The second-order valence-corrected chi connectivity index (χ2v) is 10.2. The van der Waals surface area contributed by atoms with E-state index in [2.05, 4.69) is 0 Å². The first kappa shape index (κ1) is 18.6. The van der Waals surface area contributed by atoms with Crippen molar-refractivity contribution in [2.24, 2.45) is 5.92 Å². The number of carboxylic acid groups (broad SMARTS) is 1. The standard InChI is InChI=1S/C20H22F2O4S/c21-20(22)8-7-12(11-20)9-17(19(23)24)14-3-6-18(16(10-14)13-1-2-13)27(25,26)15-4-5-15/h3,6,9-10,12-13,15H,1-2,4-5,7-8,11H2,(H,23,24)/b17-9+/t12-/m1/s1. The maximum absolute atomic E-state index is 13.4. The van der Waals surface area contributed by atoms with Gasteiger partial charge in [0, 0.05) is 12.8 Å². The Labute approximate surface area is 157 Å². The summed E-state index contributed by atoms with van der Waals surface area (Å²) < 4.78 is 52.3. The molecule has 3 saturated carbocycles. The van der Waals surface area contributed by atoms with Crippen LogP contribution in [0.1, 0.15) is 62.0 Å². The van der Waals surface area contributed by atoms with Crippen molar-refractivity contribution in [1.82, 2.24) is 0 Å². The van der Waals surface area contributed by atoms with E-state index in [0.29, 0.717) is 28.9 Å². The van der Waals surface area contributed by atoms with Crippen LogP contribution in [0.15, 0.2) is 29.2 Å². The van der Waals surface area contributed by atoms with Gasteiger partial charge in [-0.25, -0.2) is 22.0 Å². The Bertz CT molecular complexity index is 912. The van der Waals surface area contributed by atoms with Gasteiger partial charge >= 0.3 is 5.97 Å². The first-order valence-electron chi connectivity index (χ1n) is 9.38. The minimum Gasteiger partial charge on any atom is -0.478 e. The van der Waals surface area contributed by atoms with E-state index < -0.39 is 27.6 Å². The molecule has 0 bridgehead atoms. The molecule has 3 aliphatic rings. The molecule has 1 N–H and O–H groups in total. The predicted octanol–water partition coefficient (Wildman–Crippen LogP) is 4.40. The Kier molecular flexibility index (Phi) is 4.41. The largest absolute Gasteiger partial charge is 0.478 e. The van der Waals surface area contributed by atoms with Gasteiger partial charge in [0.25, 0.3) is 0 Å². The molecule has 4 nitrogen and oxygen atoms in total. The summed E-state index contributed by atoms with van der Waals surface area (Å²) in [5, 5.41) is 9.29. The summed E-state index contributed by atoms with van der Waals surface area (Å²) in [7, 11) is -3.37. The number of carboxylic acids is 1. The number of alkyl halides is 2. The number of allylic oxidation sites excluding steroid dienone is 1. The zero-order chi connectivity index (χ0) is 19.4. The molecular formula is C20H22F2O4S. The molecule has 0 aliphatic heterocycles. The van der Waals surface area contributed by atoms with Crippen LogP contribution in [0, 0.1) is 5.92 Å². The van der Waals surface area contributed by atoms with Crippen molar-refractivity contribution in [3.63, 3.8) is 0 Å². The van der Waals surface area contributed by atoms with Crippen molar-refractivity contribution in [3.05, 3.63) is 35.4 Å². The van der Waals surface area contributed by atoms with Crippen LogP contribution in [0.2, 0.25) is 0 Å². The van der Waals surface area contributed by atoms with E-state index >= 15 is 0 Å². The SMILES string of the molecule is O=C(O)/C(=C/[C@H]1CCC(F)(F)C1)c1ccc(S(=O)(=O)C2CC2)c(C2CC2)c1. The van der Waals surface area contributed by atoms with Gasteiger partial charge in [0.1, 0.15) is 0 Å². The normalized spacial score (nSPS) is 25.6. The van der Waals surface area contributed by atoms with E-state index in [9.17, 15) is 27.1 Å². The van der Waals surface area contributed by atoms with Crippen molar-refractivity contribution in [2.75, 3.05) is 0 Å². The van der Waals surface area contributed by atoms with Crippen LogP contribution in [-0.2, 0) is 14.6 Å². The van der Waals surface area contributed by atoms with Crippen molar-refractivity contribution >= 4 is 21.4 Å². The third-order valence-corrected chi connectivity index (χ3v) is 8.02. The summed E-state index contributed by atoms with van der Waals surface area (Å²) in [4.78, 5) is 12.1. The van der Waals surface area contributed by atoms with Crippen LogP contribution < -0.4 is 0 Å². The molecule has 146 valence electrons. The molecule has 1 aromatic rings. The molecule has 3 aliphatic carbocycles. The number of carbonyl (C=O) groups is 1. The molecule has 0 heterocycles. The van der Waals surface area contributed by atoms with E-state index in [1.54, 1.807) is 6.07 Å². The first-order chi connectivity index (χ1) is 12.7. The summed E-state index contributed by atoms with van der Waals surface area (Å²) in [6, 6.07) is 4.67. The van der Waals surface area contributed by atoms with Gasteiger partial charge < -0.3 is 5.11 Å². The van der Waals surface area contributed by atoms with Gasteiger partial charge in [-0.05, 0) is 67.2 Å². The van der Waals surface area contributed by atoms with Crippen molar-refractivity contribution in [1.29, 1.82) is 0 Å². The van der Waals surface area contributed by atoms with Gasteiger partial charge in [-0.2, -0.15) is 0 Å². The highest BCUT2D eigenvalue weighted by molar-refractivity contribution is 7.92. The lowest BCUT2D eigenvalue weighted by atomic mass is 9.96. The molecule has 0 unspecified atom stereocenters. The van der Waals surface area contributed by atoms with Crippen LogP contribution in [0.4, 0.5) is 8.78 Å². The fourth-order valence-corrected chi connectivity index (χ4v) is 5.83. The van der Waals surface area contributed by atoms with E-state index in [1.165, 1.54) is 18.2 Å². The van der Waals surface area contributed by atoms with E-state index in [1.807, 2.05) is 0 Å². The highest BCUT2D eigenvalue weighted by atomic mass is 32.2. The van der Waals surface area contributed by atoms with Crippen LogP contribution in [-0.4, -0.2) is 30.7 Å². The van der Waals surface area contributed by atoms with Gasteiger partial charge in [-0.15, -0.1) is 0 Å². The first-order valence-corrected chi connectivity index (χ1v) is 10.9. The van der Waals surface area contributed by atoms with Gasteiger partial charge in [-0.3, -0.25) is 0 Å². The summed E-state index contributed by atoms with van der Waals surface area (Å²) >= 11 is 0. The molecule has 1 aromatic carbocycles.